The van der Waals surface area contributed by atoms with Gasteiger partial charge in [0.05, 0.1) is 25.9 Å². The highest BCUT2D eigenvalue weighted by atomic mass is 28.4. The van der Waals surface area contributed by atoms with Crippen molar-refractivity contribution in [3.8, 4) is 5.75 Å². The molecule has 0 amide bonds. The fourth-order valence-corrected chi connectivity index (χ4v) is 5.17. The Kier molecular flexibility index (Phi) is 8.30. The second-order valence-corrected chi connectivity index (χ2v) is 15.0. The monoisotopic (exact) mass is 436 g/mol. The van der Waals surface area contributed by atoms with Gasteiger partial charge in [0, 0.05) is 23.3 Å². The van der Waals surface area contributed by atoms with Crippen LogP contribution in [0.4, 0.5) is 0 Å². The molecule has 5 nitrogen and oxygen atoms in total. The Hall–Kier alpha value is -1.21. The minimum absolute atomic E-state index is 0.0546. The predicted octanol–water partition coefficient (Wildman–Crippen LogP) is 5.61. The van der Waals surface area contributed by atoms with Gasteiger partial charge in [0.15, 0.2) is 14.6 Å². The van der Waals surface area contributed by atoms with Crippen LogP contribution in [-0.4, -0.2) is 40.5 Å². The smallest absolute Gasteiger partial charge is 0.192 e. The molecule has 0 radical (unpaired) electrons. The Labute approximate surface area is 183 Å². The maximum atomic E-state index is 11.8. The lowest BCUT2D eigenvalue weighted by Gasteiger charge is -2.46. The molecule has 6 atom stereocenters. The summed E-state index contributed by atoms with van der Waals surface area (Å²) < 4.78 is 24.4. The number of rotatable bonds is 8. The minimum Gasteiger partial charge on any atom is -0.497 e. The molecule has 1 aliphatic rings. The molecule has 170 valence electrons. The van der Waals surface area contributed by atoms with E-state index >= 15 is 0 Å². The normalized spacial score (nSPS) is 26.0. The highest BCUT2D eigenvalue weighted by molar-refractivity contribution is 6.74. The van der Waals surface area contributed by atoms with Crippen LogP contribution < -0.4 is 4.74 Å². The standard InChI is InChI=1S/C24H40O5Si/c1-16(14-25)22(29-30(8,9)24(4,5)6)18(3)21-17(2)15-27-23(28-21)19-10-12-20(26-7)13-11-19/h10-14,16-18,21-23H,15H2,1-9H3/t16-,17-,18-,21+,22-,23+/m0/s1. The maximum absolute atomic E-state index is 11.8. The quantitative estimate of drug-likeness (QED) is 0.392. The summed E-state index contributed by atoms with van der Waals surface area (Å²) in [5.41, 5.74) is 0.963. The molecule has 30 heavy (non-hydrogen) atoms. The van der Waals surface area contributed by atoms with Crippen LogP contribution in [0, 0.1) is 17.8 Å². The number of aldehydes is 1. The average Bonchev–Trinajstić information content (AvgIpc) is 2.70. The summed E-state index contributed by atoms with van der Waals surface area (Å²) in [5, 5.41) is 0.0708. The van der Waals surface area contributed by atoms with Gasteiger partial charge < -0.3 is 23.4 Å². The summed E-state index contributed by atoms with van der Waals surface area (Å²) in [7, 11) is -0.395. The largest absolute Gasteiger partial charge is 0.497 e. The number of methoxy groups -OCH3 is 1. The van der Waals surface area contributed by atoms with Crippen LogP contribution in [0.2, 0.25) is 18.1 Å². The van der Waals surface area contributed by atoms with Crippen molar-refractivity contribution in [2.24, 2.45) is 17.8 Å². The lowest BCUT2D eigenvalue weighted by atomic mass is 9.84. The molecule has 2 rings (SSSR count). The van der Waals surface area contributed by atoms with Gasteiger partial charge in [-0.3, -0.25) is 0 Å². The van der Waals surface area contributed by atoms with E-state index in [9.17, 15) is 4.79 Å². The molecule has 0 unspecified atom stereocenters. The van der Waals surface area contributed by atoms with E-state index in [0.717, 1.165) is 17.6 Å². The van der Waals surface area contributed by atoms with Gasteiger partial charge in [-0.05, 0) is 30.3 Å². The SMILES string of the molecule is COc1ccc([C@@H]2OC[C@H](C)[C@H]([C@H](C)[C@@H](O[Si](C)(C)C(C)(C)C)[C@@H](C)C=O)O2)cc1. The molecule has 0 aliphatic carbocycles. The number of carbonyl (C=O) groups is 1. The van der Waals surface area contributed by atoms with Gasteiger partial charge in [0.25, 0.3) is 0 Å². The van der Waals surface area contributed by atoms with E-state index in [4.69, 9.17) is 18.6 Å². The zero-order valence-electron chi connectivity index (χ0n) is 20.1. The van der Waals surface area contributed by atoms with E-state index in [1.165, 1.54) is 0 Å². The van der Waals surface area contributed by atoms with Crippen molar-refractivity contribution in [3.05, 3.63) is 29.8 Å². The Bertz CT molecular complexity index is 682. The highest BCUT2D eigenvalue weighted by Gasteiger charge is 2.45. The third-order valence-electron chi connectivity index (χ3n) is 6.75. The number of ether oxygens (including phenoxy) is 3. The zero-order valence-corrected chi connectivity index (χ0v) is 21.1. The first-order valence-electron chi connectivity index (χ1n) is 11.0. The van der Waals surface area contributed by atoms with E-state index in [-0.39, 0.29) is 35.0 Å². The summed E-state index contributed by atoms with van der Waals surface area (Å²) in [4.78, 5) is 11.8. The summed E-state index contributed by atoms with van der Waals surface area (Å²) in [6.45, 7) is 18.0. The van der Waals surface area contributed by atoms with Crippen LogP contribution in [-0.2, 0) is 18.7 Å². The van der Waals surface area contributed by atoms with E-state index < -0.39 is 14.6 Å². The first-order chi connectivity index (χ1) is 13.9. The molecule has 1 fully saturated rings. The molecule has 1 saturated heterocycles. The second-order valence-electron chi connectivity index (χ2n) is 10.2. The summed E-state index contributed by atoms with van der Waals surface area (Å²) in [6.07, 6.45) is 0.326. The zero-order chi connectivity index (χ0) is 22.7. The second kappa shape index (κ2) is 9.94. The van der Waals surface area contributed by atoms with Crippen molar-refractivity contribution in [2.45, 2.75) is 78.2 Å². The van der Waals surface area contributed by atoms with Crippen LogP contribution in [0.5, 0.6) is 5.75 Å². The molecule has 0 aromatic heterocycles. The Morgan fingerprint density at radius 2 is 1.77 bits per heavy atom. The number of benzene rings is 1. The molecule has 0 bridgehead atoms. The first kappa shape index (κ1) is 25.1. The fraction of sp³-hybridized carbons (Fsp3) is 0.708. The van der Waals surface area contributed by atoms with Crippen molar-refractivity contribution in [1.82, 2.24) is 0 Å². The first-order valence-corrected chi connectivity index (χ1v) is 13.9. The van der Waals surface area contributed by atoms with Crippen LogP contribution in [0.3, 0.4) is 0 Å². The number of hydrogen-bond acceptors (Lipinski definition) is 5. The molecule has 1 aromatic carbocycles. The number of carbonyl (C=O) groups excluding carboxylic acids is 1. The Morgan fingerprint density at radius 3 is 2.27 bits per heavy atom. The molecular formula is C24H40O5Si. The number of hydrogen-bond donors (Lipinski definition) is 0. The summed E-state index contributed by atoms with van der Waals surface area (Å²) in [5.74, 6) is 0.862. The highest BCUT2D eigenvalue weighted by Crippen LogP contribution is 2.41. The van der Waals surface area contributed by atoms with Gasteiger partial charge in [-0.1, -0.05) is 53.7 Å². The predicted molar refractivity (Wildman–Crippen MR) is 122 cm³/mol. The Morgan fingerprint density at radius 1 is 1.17 bits per heavy atom. The van der Waals surface area contributed by atoms with Crippen LogP contribution in [0.25, 0.3) is 0 Å². The molecule has 0 saturated carbocycles. The van der Waals surface area contributed by atoms with Gasteiger partial charge >= 0.3 is 0 Å². The molecular weight excluding hydrogens is 396 g/mol. The molecule has 0 spiro atoms. The lowest BCUT2D eigenvalue weighted by Crippen LogP contribution is -2.51. The average molecular weight is 437 g/mol. The van der Waals surface area contributed by atoms with Gasteiger partial charge in [-0.25, -0.2) is 0 Å². The van der Waals surface area contributed by atoms with Gasteiger partial charge in [0.1, 0.15) is 12.0 Å². The topological polar surface area (TPSA) is 54.0 Å². The van der Waals surface area contributed by atoms with E-state index in [2.05, 4.69) is 47.7 Å². The fourth-order valence-electron chi connectivity index (χ4n) is 3.70. The van der Waals surface area contributed by atoms with Crippen LogP contribution >= 0.6 is 0 Å². The van der Waals surface area contributed by atoms with Crippen molar-refractivity contribution >= 4 is 14.6 Å². The van der Waals surface area contributed by atoms with Crippen molar-refractivity contribution in [2.75, 3.05) is 13.7 Å². The van der Waals surface area contributed by atoms with E-state index in [0.29, 0.717) is 6.61 Å². The molecule has 1 aliphatic heterocycles. The van der Waals surface area contributed by atoms with Crippen LogP contribution in [0.1, 0.15) is 53.4 Å². The van der Waals surface area contributed by atoms with Gasteiger partial charge in [-0.2, -0.15) is 0 Å². The summed E-state index contributed by atoms with van der Waals surface area (Å²) in [6, 6.07) is 7.77. The lowest BCUT2D eigenvalue weighted by molar-refractivity contribution is -0.256. The maximum Gasteiger partial charge on any atom is 0.192 e. The third-order valence-corrected chi connectivity index (χ3v) is 11.2. The Balaban J connectivity index is 2.23. The van der Waals surface area contributed by atoms with Crippen molar-refractivity contribution < 1.29 is 23.4 Å². The third kappa shape index (κ3) is 5.72. The van der Waals surface area contributed by atoms with Crippen LogP contribution in [0.15, 0.2) is 24.3 Å². The van der Waals surface area contributed by atoms with E-state index in [1.54, 1.807) is 7.11 Å². The van der Waals surface area contributed by atoms with Crippen molar-refractivity contribution in [1.29, 1.82) is 0 Å². The molecule has 6 heteroatoms. The van der Waals surface area contributed by atoms with E-state index in [1.807, 2.05) is 31.2 Å². The molecule has 1 heterocycles. The molecule has 1 aromatic rings. The van der Waals surface area contributed by atoms with Crippen molar-refractivity contribution in [3.63, 3.8) is 0 Å². The molecule has 0 N–H and O–H groups in total. The minimum atomic E-state index is -2.05. The summed E-state index contributed by atoms with van der Waals surface area (Å²) >= 11 is 0. The van der Waals surface area contributed by atoms with Gasteiger partial charge in [-0.15, -0.1) is 0 Å². The van der Waals surface area contributed by atoms with Gasteiger partial charge in [0.2, 0.25) is 0 Å².